The number of halogens is 1. The van der Waals surface area contributed by atoms with Crippen LogP contribution in [0.15, 0.2) is 0 Å². The summed E-state index contributed by atoms with van der Waals surface area (Å²) in [6.07, 6.45) is 6.96. The van der Waals surface area contributed by atoms with E-state index < -0.39 is 0 Å². The van der Waals surface area contributed by atoms with Gasteiger partial charge in [-0.05, 0) is 38.0 Å². The van der Waals surface area contributed by atoms with Crippen LogP contribution in [-0.4, -0.2) is 18.0 Å². The molecule has 0 radical (unpaired) electrons. The van der Waals surface area contributed by atoms with Gasteiger partial charge >= 0.3 is 0 Å². The summed E-state index contributed by atoms with van der Waals surface area (Å²) in [5.41, 5.74) is 0. The first-order chi connectivity index (χ1) is 5.86. The minimum atomic E-state index is 0.570. The van der Waals surface area contributed by atoms with Crippen LogP contribution in [-0.2, 0) is 4.74 Å². The van der Waals surface area contributed by atoms with Gasteiger partial charge in [-0.1, -0.05) is 22.9 Å². The van der Waals surface area contributed by atoms with E-state index in [1.54, 1.807) is 0 Å². The van der Waals surface area contributed by atoms with Gasteiger partial charge in [0.05, 0.1) is 6.10 Å². The minimum absolute atomic E-state index is 0.570. The zero-order chi connectivity index (χ0) is 8.81. The third kappa shape index (κ3) is 3.44. The van der Waals surface area contributed by atoms with Crippen LogP contribution < -0.4 is 0 Å². The molecule has 0 amide bonds. The van der Waals surface area contributed by atoms with Crippen molar-refractivity contribution in [1.29, 1.82) is 0 Å². The van der Waals surface area contributed by atoms with E-state index in [-0.39, 0.29) is 0 Å². The summed E-state index contributed by atoms with van der Waals surface area (Å²) in [6, 6.07) is 0. The lowest BCUT2D eigenvalue weighted by Crippen LogP contribution is -2.22. The summed E-state index contributed by atoms with van der Waals surface area (Å²) >= 11 is 3.54. The summed E-state index contributed by atoms with van der Waals surface area (Å²) in [7, 11) is 0. The first-order valence-corrected chi connectivity index (χ1v) is 6.16. The number of ether oxygens (including phenoxy) is 1. The van der Waals surface area contributed by atoms with Gasteiger partial charge in [0.2, 0.25) is 0 Å². The lowest BCUT2D eigenvalue weighted by Gasteiger charge is -2.27. The van der Waals surface area contributed by atoms with Crippen molar-refractivity contribution in [2.45, 2.75) is 45.1 Å². The Morgan fingerprint density at radius 3 is 2.42 bits per heavy atom. The molecule has 1 rings (SSSR count). The van der Waals surface area contributed by atoms with Crippen molar-refractivity contribution >= 4 is 15.9 Å². The maximum absolute atomic E-state index is 5.71. The van der Waals surface area contributed by atoms with Crippen molar-refractivity contribution in [3.05, 3.63) is 0 Å². The Morgan fingerprint density at radius 2 is 1.92 bits per heavy atom. The van der Waals surface area contributed by atoms with Crippen LogP contribution in [0.4, 0.5) is 0 Å². The molecule has 0 aromatic carbocycles. The monoisotopic (exact) mass is 234 g/mol. The second kappa shape index (κ2) is 5.98. The van der Waals surface area contributed by atoms with E-state index in [0.29, 0.717) is 6.10 Å². The molecule has 1 nitrogen and oxygen atoms in total. The molecule has 0 aliphatic heterocycles. The van der Waals surface area contributed by atoms with Crippen LogP contribution in [0.2, 0.25) is 0 Å². The highest BCUT2D eigenvalue weighted by atomic mass is 79.9. The summed E-state index contributed by atoms with van der Waals surface area (Å²) in [4.78, 5) is 0. The maximum atomic E-state index is 5.71. The van der Waals surface area contributed by atoms with E-state index in [1.807, 2.05) is 0 Å². The van der Waals surface area contributed by atoms with E-state index >= 15 is 0 Å². The Morgan fingerprint density at radius 1 is 1.25 bits per heavy atom. The molecular formula is C10H19BrO. The fraction of sp³-hybridized carbons (Fsp3) is 1.00. The average Bonchev–Trinajstić information content (AvgIpc) is 2.15. The Balaban J connectivity index is 2.09. The molecule has 1 aliphatic rings. The zero-order valence-corrected chi connectivity index (χ0v) is 9.48. The quantitative estimate of drug-likeness (QED) is 0.679. The molecule has 12 heavy (non-hydrogen) atoms. The first-order valence-electron chi connectivity index (χ1n) is 5.04. The van der Waals surface area contributed by atoms with Crippen LogP contribution in [0.3, 0.4) is 0 Å². The Bertz CT molecular complexity index is 108. The molecule has 0 aromatic rings. The molecule has 0 aromatic heterocycles. The van der Waals surface area contributed by atoms with Crippen molar-refractivity contribution in [3.8, 4) is 0 Å². The van der Waals surface area contributed by atoms with Crippen molar-refractivity contribution < 1.29 is 4.74 Å². The van der Waals surface area contributed by atoms with Crippen LogP contribution >= 0.6 is 15.9 Å². The van der Waals surface area contributed by atoms with Crippen molar-refractivity contribution in [3.63, 3.8) is 0 Å². The maximum Gasteiger partial charge on any atom is 0.0575 e. The molecule has 1 saturated carbocycles. The smallest absolute Gasteiger partial charge is 0.0575 e. The van der Waals surface area contributed by atoms with E-state index in [1.165, 1.54) is 31.0 Å². The summed E-state index contributed by atoms with van der Waals surface area (Å²) in [5.74, 6) is 0.909. The molecule has 0 N–H and O–H groups in total. The third-order valence-electron chi connectivity index (χ3n) is 2.57. The minimum Gasteiger partial charge on any atom is -0.378 e. The molecule has 0 heterocycles. The number of hydrogen-bond acceptors (Lipinski definition) is 1. The van der Waals surface area contributed by atoms with Gasteiger partial charge in [-0.2, -0.15) is 0 Å². The summed E-state index contributed by atoms with van der Waals surface area (Å²) in [5, 5.41) is 1.17. The second-order valence-corrected chi connectivity index (χ2v) is 4.32. The zero-order valence-electron chi connectivity index (χ0n) is 7.89. The van der Waals surface area contributed by atoms with Crippen molar-refractivity contribution in [2.24, 2.45) is 5.92 Å². The Hall–Kier alpha value is 0.440. The van der Waals surface area contributed by atoms with Crippen LogP contribution in [0.1, 0.15) is 39.0 Å². The topological polar surface area (TPSA) is 9.23 Å². The van der Waals surface area contributed by atoms with Crippen LogP contribution in [0.25, 0.3) is 0 Å². The van der Waals surface area contributed by atoms with Crippen LogP contribution in [0, 0.1) is 5.92 Å². The fourth-order valence-electron chi connectivity index (χ4n) is 1.74. The van der Waals surface area contributed by atoms with Gasteiger partial charge in [0.15, 0.2) is 0 Å². The Labute approximate surface area is 84.0 Å². The molecule has 1 aliphatic carbocycles. The summed E-state index contributed by atoms with van der Waals surface area (Å²) < 4.78 is 5.71. The number of hydrogen-bond donors (Lipinski definition) is 0. The van der Waals surface area contributed by atoms with Gasteiger partial charge in [0.1, 0.15) is 0 Å². The van der Waals surface area contributed by atoms with E-state index in [2.05, 4.69) is 22.9 Å². The molecule has 2 heteroatoms. The highest BCUT2D eigenvalue weighted by molar-refractivity contribution is 9.09. The highest BCUT2D eigenvalue weighted by Crippen LogP contribution is 2.27. The van der Waals surface area contributed by atoms with Crippen LogP contribution in [0.5, 0.6) is 0 Å². The highest BCUT2D eigenvalue weighted by Gasteiger charge is 2.20. The predicted molar refractivity (Wildman–Crippen MR) is 55.8 cm³/mol. The molecule has 0 saturated heterocycles. The molecule has 72 valence electrons. The molecule has 0 atom stereocenters. The first kappa shape index (κ1) is 10.5. The number of rotatable bonds is 4. The van der Waals surface area contributed by atoms with Crippen molar-refractivity contribution in [1.82, 2.24) is 0 Å². The number of alkyl halides is 1. The van der Waals surface area contributed by atoms with E-state index in [0.717, 1.165) is 18.9 Å². The van der Waals surface area contributed by atoms with Gasteiger partial charge in [-0.3, -0.25) is 0 Å². The SMILES string of the molecule is CCCOC1CCC(CBr)CC1. The normalized spacial score (nSPS) is 30.5. The predicted octanol–water partition coefficient (Wildman–Crippen LogP) is 3.37. The lowest BCUT2D eigenvalue weighted by molar-refractivity contribution is 0.0208. The Kier molecular flexibility index (Phi) is 5.24. The average molecular weight is 235 g/mol. The molecule has 0 bridgehead atoms. The summed E-state index contributed by atoms with van der Waals surface area (Å²) in [6.45, 7) is 3.12. The van der Waals surface area contributed by atoms with Crippen molar-refractivity contribution in [2.75, 3.05) is 11.9 Å². The van der Waals surface area contributed by atoms with Gasteiger partial charge in [-0.15, -0.1) is 0 Å². The standard InChI is InChI=1S/C10H19BrO/c1-2-7-12-10-5-3-9(8-11)4-6-10/h9-10H,2-8H2,1H3. The largest absolute Gasteiger partial charge is 0.378 e. The van der Waals surface area contributed by atoms with E-state index in [9.17, 15) is 0 Å². The molecule has 0 spiro atoms. The molecule has 1 fully saturated rings. The fourth-order valence-corrected chi connectivity index (χ4v) is 2.38. The molecule has 0 unspecified atom stereocenters. The van der Waals surface area contributed by atoms with Gasteiger partial charge < -0.3 is 4.74 Å². The van der Waals surface area contributed by atoms with E-state index in [4.69, 9.17) is 4.74 Å². The van der Waals surface area contributed by atoms with Gasteiger partial charge in [0.25, 0.3) is 0 Å². The van der Waals surface area contributed by atoms with Gasteiger partial charge in [-0.25, -0.2) is 0 Å². The van der Waals surface area contributed by atoms with Gasteiger partial charge in [0, 0.05) is 11.9 Å². The lowest BCUT2D eigenvalue weighted by atomic mass is 9.89. The molecular weight excluding hydrogens is 216 g/mol. The second-order valence-electron chi connectivity index (χ2n) is 3.67. The third-order valence-corrected chi connectivity index (χ3v) is 3.49.